The van der Waals surface area contributed by atoms with Crippen molar-refractivity contribution >= 4 is 35.6 Å². The second kappa shape index (κ2) is 8.96. The molecule has 0 saturated carbocycles. The molecule has 0 fully saturated rings. The molecule has 0 radical (unpaired) electrons. The standard InChI is InChI=1S/C7H15BrO4S2/c1-14(9,10)13-7-6-12-5-4-11-3-2-8/h2-7H2,1H3. The van der Waals surface area contributed by atoms with E-state index < -0.39 is 8.87 Å². The van der Waals surface area contributed by atoms with Gasteiger partial charge in [0.05, 0.1) is 26.4 Å². The molecule has 0 heterocycles. The second-order valence-corrected chi connectivity index (χ2v) is 7.81. The molecule has 86 valence electrons. The Bertz CT molecular complexity index is 218. The van der Waals surface area contributed by atoms with Crippen LogP contribution in [0.5, 0.6) is 0 Å². The summed E-state index contributed by atoms with van der Waals surface area (Å²) in [5, 5.41) is 0.816. The van der Waals surface area contributed by atoms with Crippen molar-refractivity contribution in [3.05, 3.63) is 0 Å². The summed E-state index contributed by atoms with van der Waals surface area (Å²) >= 11 is 3.23. The molecule has 0 aliphatic rings. The van der Waals surface area contributed by atoms with Crippen molar-refractivity contribution in [1.82, 2.24) is 0 Å². The van der Waals surface area contributed by atoms with Crippen LogP contribution in [0.25, 0.3) is 0 Å². The van der Waals surface area contributed by atoms with Crippen molar-refractivity contribution < 1.29 is 17.9 Å². The minimum absolute atomic E-state index is 0.440. The first-order valence-corrected chi connectivity index (χ1v) is 8.63. The molecular formula is C7H15BrO4S2. The van der Waals surface area contributed by atoms with E-state index in [2.05, 4.69) is 15.9 Å². The van der Waals surface area contributed by atoms with Gasteiger partial charge >= 0.3 is 0 Å². The van der Waals surface area contributed by atoms with Gasteiger partial charge in [0.15, 0.2) is 8.87 Å². The fraction of sp³-hybridized carbons (Fsp3) is 1.00. The van der Waals surface area contributed by atoms with Crippen LogP contribution in [-0.2, 0) is 18.3 Å². The van der Waals surface area contributed by atoms with Crippen molar-refractivity contribution in [2.75, 3.05) is 43.8 Å². The van der Waals surface area contributed by atoms with Gasteiger partial charge in [0.1, 0.15) is 0 Å². The summed E-state index contributed by atoms with van der Waals surface area (Å²) in [4.78, 5) is 0. The molecule has 0 bridgehead atoms. The number of alkyl halides is 1. The summed E-state index contributed by atoms with van der Waals surface area (Å²) in [5.41, 5.74) is 0. The van der Waals surface area contributed by atoms with Crippen LogP contribution in [0.15, 0.2) is 0 Å². The molecule has 0 saturated heterocycles. The maximum absolute atomic E-state index is 10.7. The number of ether oxygens (including phenoxy) is 2. The normalized spacial score (nSPS) is 11.9. The third-order valence-electron chi connectivity index (χ3n) is 1.12. The zero-order chi connectivity index (χ0) is 10.9. The molecule has 4 nitrogen and oxygen atoms in total. The maximum atomic E-state index is 10.7. The van der Waals surface area contributed by atoms with E-state index in [9.17, 15) is 8.42 Å². The zero-order valence-corrected chi connectivity index (χ0v) is 11.3. The molecule has 14 heavy (non-hydrogen) atoms. The van der Waals surface area contributed by atoms with Crippen LogP contribution in [0.4, 0.5) is 0 Å². The highest BCUT2D eigenvalue weighted by molar-refractivity contribution is 9.09. The average molecular weight is 307 g/mol. The molecule has 0 aromatic rings. The first kappa shape index (κ1) is 14.7. The van der Waals surface area contributed by atoms with E-state index >= 15 is 0 Å². The highest BCUT2D eigenvalue weighted by Crippen LogP contribution is 2.08. The fourth-order valence-corrected chi connectivity index (χ4v) is 2.45. The summed E-state index contributed by atoms with van der Waals surface area (Å²) in [6, 6.07) is 0. The van der Waals surface area contributed by atoms with E-state index in [1.165, 1.54) is 6.26 Å². The molecule has 0 unspecified atom stereocenters. The Hall–Kier alpha value is 0.700. The Morgan fingerprint density at radius 2 is 1.71 bits per heavy atom. The van der Waals surface area contributed by atoms with Gasteiger partial charge in [-0.1, -0.05) is 15.9 Å². The third-order valence-corrected chi connectivity index (χ3v) is 3.99. The summed E-state index contributed by atoms with van der Waals surface area (Å²) in [6.45, 7) is 2.17. The van der Waals surface area contributed by atoms with E-state index in [4.69, 9.17) is 9.47 Å². The molecule has 0 aliphatic carbocycles. The predicted octanol–water partition coefficient (Wildman–Crippen LogP) is 1.11. The van der Waals surface area contributed by atoms with Gasteiger partial charge in [-0.05, 0) is 10.8 Å². The van der Waals surface area contributed by atoms with Gasteiger partial charge < -0.3 is 9.47 Å². The van der Waals surface area contributed by atoms with E-state index in [0.717, 1.165) is 16.1 Å². The summed E-state index contributed by atoms with van der Waals surface area (Å²) in [5.74, 6) is 0.470. The Labute approximate surface area is 97.2 Å². The van der Waals surface area contributed by atoms with Gasteiger partial charge in [0.2, 0.25) is 0 Å². The predicted molar refractivity (Wildman–Crippen MR) is 62.7 cm³/mol. The Morgan fingerprint density at radius 1 is 1.14 bits per heavy atom. The van der Waals surface area contributed by atoms with E-state index in [0.29, 0.717) is 32.2 Å². The topological polar surface area (TPSA) is 52.6 Å². The van der Waals surface area contributed by atoms with Gasteiger partial charge in [-0.2, -0.15) is 0 Å². The van der Waals surface area contributed by atoms with Crippen LogP contribution in [0.1, 0.15) is 0 Å². The van der Waals surface area contributed by atoms with Crippen LogP contribution in [0.2, 0.25) is 0 Å². The van der Waals surface area contributed by atoms with Gasteiger partial charge in [-0.25, -0.2) is 8.42 Å². The number of halogens is 1. The van der Waals surface area contributed by atoms with E-state index in [-0.39, 0.29) is 0 Å². The number of hydrogen-bond acceptors (Lipinski definition) is 5. The number of hydrogen-bond donors (Lipinski definition) is 0. The van der Waals surface area contributed by atoms with E-state index in [1.807, 2.05) is 0 Å². The first-order valence-electron chi connectivity index (χ1n) is 4.12. The highest BCUT2D eigenvalue weighted by Gasteiger charge is 2.01. The maximum Gasteiger partial charge on any atom is 0.198 e. The Morgan fingerprint density at radius 3 is 2.21 bits per heavy atom. The summed E-state index contributed by atoms with van der Waals surface area (Å²) < 4.78 is 31.6. The Balaban J connectivity index is 3.07. The van der Waals surface area contributed by atoms with Crippen LogP contribution < -0.4 is 0 Å². The largest absolute Gasteiger partial charge is 0.378 e. The molecule has 0 amide bonds. The minimum atomic E-state index is -2.93. The van der Waals surface area contributed by atoms with Gasteiger partial charge in [-0.15, -0.1) is 0 Å². The van der Waals surface area contributed by atoms with Crippen LogP contribution in [0.3, 0.4) is 0 Å². The zero-order valence-electron chi connectivity index (χ0n) is 8.07. The van der Waals surface area contributed by atoms with Gasteiger partial charge in [0, 0.05) is 17.3 Å². The highest BCUT2D eigenvalue weighted by atomic mass is 79.9. The molecule has 0 N–H and O–H groups in total. The lowest BCUT2D eigenvalue weighted by molar-refractivity contribution is 0.0608. The molecule has 0 rings (SSSR count). The molecule has 0 aromatic heterocycles. The van der Waals surface area contributed by atoms with Crippen molar-refractivity contribution in [2.24, 2.45) is 0 Å². The lowest BCUT2D eigenvalue weighted by Crippen LogP contribution is -2.08. The van der Waals surface area contributed by atoms with Crippen LogP contribution in [-0.4, -0.2) is 52.2 Å². The van der Waals surface area contributed by atoms with Gasteiger partial charge in [-0.3, -0.25) is 0 Å². The van der Waals surface area contributed by atoms with Crippen LogP contribution in [0, 0.1) is 0 Å². The van der Waals surface area contributed by atoms with Crippen molar-refractivity contribution in [3.63, 3.8) is 0 Å². The lowest BCUT2D eigenvalue weighted by atomic mass is 10.7. The SMILES string of the molecule is CS(=O)(=O)SCCOCCOCCBr. The van der Waals surface area contributed by atoms with Crippen molar-refractivity contribution in [1.29, 1.82) is 0 Å². The second-order valence-electron chi connectivity index (χ2n) is 2.44. The molecule has 0 spiro atoms. The quantitative estimate of drug-likeness (QED) is 0.363. The molecule has 0 aromatic carbocycles. The molecule has 0 atom stereocenters. The number of rotatable bonds is 9. The fourth-order valence-electron chi connectivity index (χ4n) is 0.621. The van der Waals surface area contributed by atoms with Gasteiger partial charge in [0.25, 0.3) is 0 Å². The Kier molecular flexibility index (Phi) is 9.41. The molecule has 0 aliphatic heterocycles. The molecule has 7 heteroatoms. The minimum Gasteiger partial charge on any atom is -0.378 e. The smallest absolute Gasteiger partial charge is 0.198 e. The first-order chi connectivity index (χ1) is 6.56. The van der Waals surface area contributed by atoms with Crippen molar-refractivity contribution in [3.8, 4) is 0 Å². The lowest BCUT2D eigenvalue weighted by Gasteiger charge is -2.03. The summed E-state index contributed by atoms with van der Waals surface area (Å²) in [6.07, 6.45) is 1.19. The summed E-state index contributed by atoms with van der Waals surface area (Å²) in [7, 11) is -2.03. The van der Waals surface area contributed by atoms with Crippen LogP contribution >= 0.6 is 26.7 Å². The van der Waals surface area contributed by atoms with Crippen molar-refractivity contribution in [2.45, 2.75) is 0 Å². The third kappa shape index (κ3) is 12.7. The van der Waals surface area contributed by atoms with E-state index in [1.54, 1.807) is 0 Å². The average Bonchev–Trinajstić information content (AvgIpc) is 2.08. The monoisotopic (exact) mass is 306 g/mol. The molecular weight excluding hydrogens is 292 g/mol.